The van der Waals surface area contributed by atoms with Gasteiger partial charge in [0.05, 0.1) is 14.2 Å². The van der Waals surface area contributed by atoms with Gasteiger partial charge in [-0.1, -0.05) is 42.0 Å². The quantitative estimate of drug-likeness (QED) is 0.715. The normalized spacial score (nSPS) is 19.3. The molecule has 1 aliphatic heterocycles. The number of piperidine rings is 1. The summed E-state index contributed by atoms with van der Waals surface area (Å²) in [5, 5.41) is 14.3. The van der Waals surface area contributed by atoms with E-state index in [-0.39, 0.29) is 12.5 Å². The lowest BCUT2D eigenvalue weighted by Crippen LogP contribution is -2.57. The Morgan fingerprint density at radius 3 is 2.69 bits per heavy atom. The molecule has 0 saturated carbocycles. The number of aryl methyl sites for hydroxylation is 1. The minimum absolute atomic E-state index is 0.228. The van der Waals surface area contributed by atoms with E-state index in [1.54, 1.807) is 19.1 Å². The number of benzene rings is 2. The van der Waals surface area contributed by atoms with Crippen LogP contribution in [0.3, 0.4) is 0 Å². The van der Waals surface area contributed by atoms with E-state index in [4.69, 9.17) is 9.47 Å². The third-order valence-electron chi connectivity index (χ3n) is 5.38. The Kier molecular flexibility index (Phi) is 6.77. The zero-order valence-corrected chi connectivity index (χ0v) is 17.4. The number of carbonyl (C=O) groups excluding carboxylic acids is 1. The van der Waals surface area contributed by atoms with E-state index >= 15 is 0 Å². The van der Waals surface area contributed by atoms with Crippen LogP contribution in [0.2, 0.25) is 0 Å². The van der Waals surface area contributed by atoms with Gasteiger partial charge >= 0.3 is 0 Å². The van der Waals surface area contributed by atoms with Crippen molar-refractivity contribution in [1.82, 2.24) is 10.2 Å². The first-order valence-corrected chi connectivity index (χ1v) is 9.95. The fraction of sp³-hybridized carbons (Fsp3) is 0.435. The van der Waals surface area contributed by atoms with Crippen LogP contribution in [0.5, 0.6) is 11.5 Å². The van der Waals surface area contributed by atoms with Crippen molar-refractivity contribution in [2.24, 2.45) is 0 Å². The largest absolute Gasteiger partial charge is 0.493 e. The number of amides is 1. The van der Waals surface area contributed by atoms with E-state index < -0.39 is 5.60 Å². The number of nitrogens with one attached hydrogen (secondary N) is 1. The monoisotopic (exact) mass is 398 g/mol. The molecule has 3 rings (SSSR count). The number of nitrogens with zero attached hydrogens (tertiary/aromatic N) is 1. The molecule has 0 spiro atoms. The lowest BCUT2D eigenvalue weighted by atomic mass is 9.91. The number of aliphatic hydroxyl groups is 1. The van der Waals surface area contributed by atoms with Crippen molar-refractivity contribution in [2.45, 2.75) is 38.5 Å². The van der Waals surface area contributed by atoms with Crippen molar-refractivity contribution in [3.05, 3.63) is 59.2 Å². The van der Waals surface area contributed by atoms with Gasteiger partial charge in [-0.3, -0.25) is 4.79 Å². The van der Waals surface area contributed by atoms with Crippen LogP contribution in [0.25, 0.3) is 0 Å². The maximum Gasteiger partial charge on any atom is 0.256 e. The summed E-state index contributed by atoms with van der Waals surface area (Å²) in [5.74, 6) is 1.00. The van der Waals surface area contributed by atoms with Gasteiger partial charge < -0.3 is 24.8 Å². The molecule has 29 heavy (non-hydrogen) atoms. The topological polar surface area (TPSA) is 71.0 Å². The van der Waals surface area contributed by atoms with Gasteiger partial charge in [0.2, 0.25) is 0 Å². The lowest BCUT2D eigenvalue weighted by Gasteiger charge is -2.38. The minimum atomic E-state index is -1.39. The lowest BCUT2D eigenvalue weighted by molar-refractivity contribution is -0.157. The SMILES string of the molecule is COc1cccc(CN2CCC[C@@](O)(CNCc3cccc(C)c3)C2=O)c1OC. The smallest absolute Gasteiger partial charge is 0.256 e. The molecule has 6 nitrogen and oxygen atoms in total. The molecule has 0 radical (unpaired) electrons. The Bertz CT molecular complexity index is 855. The van der Waals surface area contributed by atoms with Crippen LogP contribution in [-0.4, -0.2) is 48.8 Å². The molecule has 1 aliphatic rings. The molecular formula is C23H30N2O4. The third kappa shape index (κ3) is 4.89. The Balaban J connectivity index is 1.66. The molecule has 1 fully saturated rings. The second-order valence-corrected chi connectivity index (χ2v) is 7.61. The van der Waals surface area contributed by atoms with Gasteiger partial charge in [-0.2, -0.15) is 0 Å². The number of hydrogen-bond donors (Lipinski definition) is 2. The molecule has 156 valence electrons. The highest BCUT2D eigenvalue weighted by atomic mass is 16.5. The molecule has 2 aromatic carbocycles. The Morgan fingerprint density at radius 2 is 1.97 bits per heavy atom. The summed E-state index contributed by atoms with van der Waals surface area (Å²) in [7, 11) is 3.18. The number of hydrogen-bond acceptors (Lipinski definition) is 5. The maximum absolute atomic E-state index is 13.1. The first-order chi connectivity index (χ1) is 14.0. The number of para-hydroxylation sites is 1. The van der Waals surface area contributed by atoms with Gasteiger partial charge in [0.1, 0.15) is 0 Å². The molecule has 0 aromatic heterocycles. The highest BCUT2D eigenvalue weighted by Crippen LogP contribution is 2.33. The van der Waals surface area contributed by atoms with Crippen LogP contribution in [0.4, 0.5) is 0 Å². The van der Waals surface area contributed by atoms with Crippen molar-refractivity contribution in [1.29, 1.82) is 0 Å². The molecule has 1 atom stereocenters. The molecule has 1 saturated heterocycles. The summed E-state index contributed by atoms with van der Waals surface area (Å²) >= 11 is 0. The van der Waals surface area contributed by atoms with E-state index in [1.165, 1.54) is 5.56 Å². The summed E-state index contributed by atoms with van der Waals surface area (Å²) in [6.07, 6.45) is 1.21. The Morgan fingerprint density at radius 1 is 1.17 bits per heavy atom. The highest BCUT2D eigenvalue weighted by molar-refractivity contribution is 5.86. The summed E-state index contributed by atoms with van der Waals surface area (Å²) in [4.78, 5) is 14.8. The fourth-order valence-electron chi connectivity index (χ4n) is 3.90. The molecule has 2 aromatic rings. The highest BCUT2D eigenvalue weighted by Gasteiger charge is 2.42. The van der Waals surface area contributed by atoms with Crippen molar-refractivity contribution >= 4 is 5.91 Å². The van der Waals surface area contributed by atoms with E-state index in [1.807, 2.05) is 43.3 Å². The molecule has 0 bridgehead atoms. The standard InChI is InChI=1S/C23H30N2O4/c1-17-7-4-8-18(13-17)14-24-16-23(27)11-6-12-25(22(23)26)15-19-9-5-10-20(28-2)21(19)29-3/h4-5,7-10,13,24,27H,6,11-12,14-16H2,1-3H3/t23-/m1/s1. The van der Waals surface area contributed by atoms with Gasteiger partial charge in [0.15, 0.2) is 17.1 Å². The third-order valence-corrected chi connectivity index (χ3v) is 5.38. The Labute approximate surface area is 172 Å². The molecule has 1 amide bonds. The first kappa shape index (κ1) is 21.1. The number of ether oxygens (including phenoxy) is 2. The second kappa shape index (κ2) is 9.29. The van der Waals surface area contributed by atoms with Crippen LogP contribution in [0.15, 0.2) is 42.5 Å². The van der Waals surface area contributed by atoms with Gasteiger partial charge in [-0.25, -0.2) is 0 Å². The van der Waals surface area contributed by atoms with Crippen LogP contribution in [-0.2, 0) is 17.9 Å². The number of carbonyl (C=O) groups is 1. The number of methoxy groups -OCH3 is 2. The maximum atomic E-state index is 13.1. The minimum Gasteiger partial charge on any atom is -0.493 e. The summed E-state index contributed by atoms with van der Waals surface area (Å²) < 4.78 is 10.8. The molecule has 0 aliphatic carbocycles. The Hall–Kier alpha value is -2.57. The van der Waals surface area contributed by atoms with Crippen LogP contribution in [0, 0.1) is 6.92 Å². The molecule has 2 N–H and O–H groups in total. The van der Waals surface area contributed by atoms with E-state index in [9.17, 15) is 9.90 Å². The molecule has 1 heterocycles. The second-order valence-electron chi connectivity index (χ2n) is 7.61. The van der Waals surface area contributed by atoms with Crippen molar-refractivity contribution in [3.63, 3.8) is 0 Å². The average molecular weight is 399 g/mol. The molecule has 0 unspecified atom stereocenters. The zero-order valence-electron chi connectivity index (χ0n) is 17.4. The average Bonchev–Trinajstić information content (AvgIpc) is 2.71. The number of rotatable bonds is 8. The predicted molar refractivity (Wildman–Crippen MR) is 112 cm³/mol. The van der Waals surface area contributed by atoms with Gasteiger partial charge in [0, 0.05) is 31.7 Å². The number of likely N-dealkylation sites (tertiary alicyclic amines) is 1. The summed E-state index contributed by atoms with van der Waals surface area (Å²) in [6, 6.07) is 13.8. The van der Waals surface area contributed by atoms with Crippen molar-refractivity contribution in [2.75, 3.05) is 27.3 Å². The van der Waals surface area contributed by atoms with Crippen LogP contribution < -0.4 is 14.8 Å². The zero-order chi connectivity index (χ0) is 20.9. The van der Waals surface area contributed by atoms with Gasteiger partial charge in [-0.15, -0.1) is 0 Å². The predicted octanol–water partition coefficient (Wildman–Crippen LogP) is 2.66. The van der Waals surface area contributed by atoms with E-state index in [2.05, 4.69) is 11.4 Å². The van der Waals surface area contributed by atoms with E-state index in [0.29, 0.717) is 37.6 Å². The fourth-order valence-corrected chi connectivity index (χ4v) is 3.90. The van der Waals surface area contributed by atoms with E-state index in [0.717, 1.165) is 17.5 Å². The van der Waals surface area contributed by atoms with Crippen molar-refractivity contribution < 1.29 is 19.4 Å². The summed E-state index contributed by atoms with van der Waals surface area (Å²) in [5.41, 5.74) is 1.79. The van der Waals surface area contributed by atoms with Crippen LogP contribution in [0.1, 0.15) is 29.5 Å². The van der Waals surface area contributed by atoms with Gasteiger partial charge in [-0.05, 0) is 31.4 Å². The first-order valence-electron chi connectivity index (χ1n) is 9.95. The van der Waals surface area contributed by atoms with Crippen LogP contribution >= 0.6 is 0 Å². The summed E-state index contributed by atoms with van der Waals surface area (Å²) in [6.45, 7) is 3.87. The molecule has 6 heteroatoms. The van der Waals surface area contributed by atoms with Gasteiger partial charge in [0.25, 0.3) is 5.91 Å². The van der Waals surface area contributed by atoms with Crippen molar-refractivity contribution in [3.8, 4) is 11.5 Å². The molecular weight excluding hydrogens is 368 g/mol.